The Labute approximate surface area is 121 Å². The first-order chi connectivity index (χ1) is 9.90. The Morgan fingerprint density at radius 3 is 2.33 bits per heavy atom. The molecule has 6 heteroatoms. The number of rotatable bonds is 4. The SMILES string of the molecule is CCCNc1nc(-c2ccc(C)cc2)cc(C(F)(F)F)n1. The Kier molecular flexibility index (Phi) is 4.45. The van der Waals surface area contributed by atoms with Gasteiger partial charge in [-0.05, 0) is 19.4 Å². The largest absolute Gasteiger partial charge is 0.433 e. The van der Waals surface area contributed by atoms with E-state index in [0.29, 0.717) is 12.1 Å². The minimum atomic E-state index is -4.50. The first-order valence-corrected chi connectivity index (χ1v) is 6.67. The summed E-state index contributed by atoms with van der Waals surface area (Å²) in [4.78, 5) is 7.70. The summed E-state index contributed by atoms with van der Waals surface area (Å²) in [6.45, 7) is 4.36. The number of hydrogen-bond donors (Lipinski definition) is 1. The predicted octanol–water partition coefficient (Wildman–Crippen LogP) is 4.29. The number of halogens is 3. The lowest BCUT2D eigenvalue weighted by Crippen LogP contribution is -2.13. The van der Waals surface area contributed by atoms with Gasteiger partial charge < -0.3 is 5.32 Å². The lowest BCUT2D eigenvalue weighted by molar-refractivity contribution is -0.141. The molecule has 0 amide bonds. The second-order valence-corrected chi connectivity index (χ2v) is 4.75. The third-order valence-electron chi connectivity index (χ3n) is 2.90. The molecule has 0 fully saturated rings. The summed E-state index contributed by atoms with van der Waals surface area (Å²) in [6, 6.07) is 8.15. The van der Waals surface area contributed by atoms with E-state index < -0.39 is 11.9 Å². The number of nitrogens with one attached hydrogen (secondary N) is 1. The number of anilines is 1. The summed E-state index contributed by atoms with van der Waals surface area (Å²) in [5.74, 6) is 0.00208. The van der Waals surface area contributed by atoms with E-state index in [4.69, 9.17) is 0 Å². The van der Waals surface area contributed by atoms with Crippen LogP contribution in [0.1, 0.15) is 24.6 Å². The maximum atomic E-state index is 12.9. The van der Waals surface area contributed by atoms with Crippen molar-refractivity contribution >= 4 is 5.95 Å². The molecule has 2 rings (SSSR count). The minimum absolute atomic E-state index is 0.00208. The van der Waals surface area contributed by atoms with Gasteiger partial charge in [0.15, 0.2) is 5.69 Å². The maximum absolute atomic E-state index is 12.9. The molecule has 0 aliphatic heterocycles. The van der Waals surface area contributed by atoms with E-state index in [2.05, 4.69) is 15.3 Å². The van der Waals surface area contributed by atoms with Crippen molar-refractivity contribution < 1.29 is 13.2 Å². The Morgan fingerprint density at radius 2 is 1.76 bits per heavy atom. The highest BCUT2D eigenvalue weighted by Gasteiger charge is 2.33. The average molecular weight is 295 g/mol. The zero-order chi connectivity index (χ0) is 15.5. The number of nitrogens with zero attached hydrogens (tertiary/aromatic N) is 2. The first-order valence-electron chi connectivity index (χ1n) is 6.67. The fourth-order valence-corrected chi connectivity index (χ4v) is 1.78. The van der Waals surface area contributed by atoms with E-state index in [1.54, 1.807) is 12.1 Å². The van der Waals surface area contributed by atoms with Gasteiger partial charge in [0.05, 0.1) is 5.69 Å². The molecule has 0 radical (unpaired) electrons. The van der Waals surface area contributed by atoms with Crippen LogP contribution in [0.2, 0.25) is 0 Å². The fraction of sp³-hybridized carbons (Fsp3) is 0.333. The molecule has 2 aromatic rings. The molecule has 0 aliphatic carbocycles. The Bertz CT molecular complexity index is 607. The Hall–Kier alpha value is -2.11. The number of benzene rings is 1. The van der Waals surface area contributed by atoms with Crippen molar-refractivity contribution in [1.29, 1.82) is 0 Å². The molecule has 0 saturated heterocycles. The summed E-state index contributed by atoms with van der Waals surface area (Å²) >= 11 is 0. The van der Waals surface area contributed by atoms with Crippen LogP contribution >= 0.6 is 0 Å². The molecule has 21 heavy (non-hydrogen) atoms. The minimum Gasteiger partial charge on any atom is -0.354 e. The van der Waals surface area contributed by atoms with Crippen LogP contribution in [-0.4, -0.2) is 16.5 Å². The number of hydrogen-bond acceptors (Lipinski definition) is 3. The summed E-state index contributed by atoms with van der Waals surface area (Å²) in [6.07, 6.45) is -3.72. The molecular formula is C15H16F3N3. The van der Waals surface area contributed by atoms with Gasteiger partial charge in [0.1, 0.15) is 0 Å². The fourth-order valence-electron chi connectivity index (χ4n) is 1.78. The van der Waals surface area contributed by atoms with Crippen LogP contribution in [0.15, 0.2) is 30.3 Å². The first kappa shape index (κ1) is 15.3. The molecule has 0 bridgehead atoms. The number of alkyl halides is 3. The second kappa shape index (κ2) is 6.11. The molecule has 0 aliphatic rings. The third-order valence-corrected chi connectivity index (χ3v) is 2.90. The van der Waals surface area contributed by atoms with E-state index in [1.165, 1.54) is 0 Å². The van der Waals surface area contributed by atoms with E-state index in [0.717, 1.165) is 18.1 Å². The molecule has 3 nitrogen and oxygen atoms in total. The molecular weight excluding hydrogens is 279 g/mol. The van der Waals surface area contributed by atoms with Gasteiger partial charge in [-0.25, -0.2) is 9.97 Å². The van der Waals surface area contributed by atoms with Crippen LogP contribution in [0.3, 0.4) is 0 Å². The van der Waals surface area contributed by atoms with Crippen LogP contribution in [0, 0.1) is 6.92 Å². The maximum Gasteiger partial charge on any atom is 0.433 e. The van der Waals surface area contributed by atoms with E-state index in [-0.39, 0.29) is 11.6 Å². The lowest BCUT2D eigenvalue weighted by atomic mass is 10.1. The highest BCUT2D eigenvalue weighted by molar-refractivity contribution is 5.61. The predicted molar refractivity (Wildman–Crippen MR) is 76.0 cm³/mol. The van der Waals surface area contributed by atoms with Crippen molar-refractivity contribution in [2.24, 2.45) is 0 Å². The third kappa shape index (κ3) is 3.93. The average Bonchev–Trinajstić information content (AvgIpc) is 2.44. The highest BCUT2D eigenvalue weighted by Crippen LogP contribution is 2.31. The summed E-state index contributed by atoms with van der Waals surface area (Å²) in [5, 5.41) is 2.81. The zero-order valence-corrected chi connectivity index (χ0v) is 11.8. The molecule has 0 atom stereocenters. The molecule has 1 aromatic heterocycles. The van der Waals surface area contributed by atoms with Crippen LogP contribution < -0.4 is 5.32 Å². The topological polar surface area (TPSA) is 37.8 Å². The van der Waals surface area contributed by atoms with Gasteiger partial charge in [-0.2, -0.15) is 13.2 Å². The van der Waals surface area contributed by atoms with Crippen molar-refractivity contribution in [3.8, 4) is 11.3 Å². The standard InChI is InChI=1S/C15H16F3N3/c1-3-8-19-14-20-12(9-13(21-14)15(16,17)18)11-6-4-10(2)5-7-11/h4-7,9H,3,8H2,1-2H3,(H,19,20,21). The highest BCUT2D eigenvalue weighted by atomic mass is 19.4. The van der Waals surface area contributed by atoms with Gasteiger partial charge in [-0.3, -0.25) is 0 Å². The van der Waals surface area contributed by atoms with Crippen molar-refractivity contribution in [2.75, 3.05) is 11.9 Å². The molecule has 0 saturated carbocycles. The second-order valence-electron chi connectivity index (χ2n) is 4.75. The zero-order valence-electron chi connectivity index (χ0n) is 11.8. The molecule has 1 heterocycles. The van der Waals surface area contributed by atoms with Crippen molar-refractivity contribution in [3.63, 3.8) is 0 Å². The number of aryl methyl sites for hydroxylation is 1. The summed E-state index contributed by atoms with van der Waals surface area (Å²) in [5.41, 5.74) is 0.990. The Morgan fingerprint density at radius 1 is 1.10 bits per heavy atom. The van der Waals surface area contributed by atoms with Gasteiger partial charge in [0.25, 0.3) is 0 Å². The quantitative estimate of drug-likeness (QED) is 0.914. The van der Waals surface area contributed by atoms with Gasteiger partial charge in [-0.1, -0.05) is 36.8 Å². The smallest absolute Gasteiger partial charge is 0.354 e. The van der Waals surface area contributed by atoms with Gasteiger partial charge in [0.2, 0.25) is 5.95 Å². The van der Waals surface area contributed by atoms with E-state index in [1.807, 2.05) is 26.0 Å². The Balaban J connectivity index is 2.46. The van der Waals surface area contributed by atoms with E-state index in [9.17, 15) is 13.2 Å². The normalized spacial score (nSPS) is 11.5. The molecule has 0 unspecified atom stereocenters. The van der Waals surface area contributed by atoms with Gasteiger partial charge >= 0.3 is 6.18 Å². The van der Waals surface area contributed by atoms with Gasteiger partial charge in [-0.15, -0.1) is 0 Å². The van der Waals surface area contributed by atoms with Crippen LogP contribution in [0.4, 0.5) is 19.1 Å². The monoisotopic (exact) mass is 295 g/mol. The van der Waals surface area contributed by atoms with Crippen LogP contribution in [0.5, 0.6) is 0 Å². The van der Waals surface area contributed by atoms with Gasteiger partial charge in [0, 0.05) is 12.1 Å². The van der Waals surface area contributed by atoms with Crippen molar-refractivity contribution in [2.45, 2.75) is 26.4 Å². The molecule has 1 aromatic carbocycles. The molecule has 0 spiro atoms. The molecule has 112 valence electrons. The summed E-state index contributed by atoms with van der Waals surface area (Å²) in [7, 11) is 0. The number of aromatic nitrogens is 2. The van der Waals surface area contributed by atoms with Crippen LogP contribution in [-0.2, 0) is 6.18 Å². The summed E-state index contributed by atoms with van der Waals surface area (Å²) < 4.78 is 38.8. The lowest BCUT2D eigenvalue weighted by Gasteiger charge is -2.11. The van der Waals surface area contributed by atoms with Crippen molar-refractivity contribution in [1.82, 2.24) is 9.97 Å². The van der Waals surface area contributed by atoms with Crippen molar-refractivity contribution in [3.05, 3.63) is 41.6 Å². The molecule has 1 N–H and O–H groups in total. The van der Waals surface area contributed by atoms with E-state index >= 15 is 0 Å². The van der Waals surface area contributed by atoms with Crippen LogP contribution in [0.25, 0.3) is 11.3 Å².